The van der Waals surface area contributed by atoms with E-state index in [-0.39, 0.29) is 5.39 Å². The van der Waals surface area contributed by atoms with Gasteiger partial charge < -0.3 is 0 Å². The molecule has 4 aromatic rings. The van der Waals surface area contributed by atoms with Crippen molar-refractivity contribution in [1.29, 1.82) is 0 Å². The lowest BCUT2D eigenvalue weighted by molar-refractivity contribution is 0.0859. The lowest BCUT2D eigenvalue weighted by atomic mass is 9.89. The molecule has 1 aliphatic heterocycles. The SMILES string of the molecule is O=c1[nH]nc2c3c(cc(F)cc13)NOC(c1ccccc1)C2c1ncn[nH]1. The molecule has 2 aromatic carbocycles. The molecule has 5 rings (SSSR count). The molecule has 0 fully saturated rings. The second-order valence-electron chi connectivity index (χ2n) is 6.21. The summed E-state index contributed by atoms with van der Waals surface area (Å²) in [6.07, 6.45) is 0.848. The van der Waals surface area contributed by atoms with E-state index in [1.54, 1.807) is 0 Å². The lowest BCUT2D eigenvalue weighted by Crippen LogP contribution is -2.20. The normalized spacial score (nSPS) is 18.9. The summed E-state index contributed by atoms with van der Waals surface area (Å²) in [5, 5.41) is 14.2. The van der Waals surface area contributed by atoms with E-state index in [0.717, 1.165) is 5.56 Å². The molecule has 1 aliphatic rings. The Kier molecular flexibility index (Phi) is 3.47. The first-order valence-corrected chi connectivity index (χ1v) is 8.26. The van der Waals surface area contributed by atoms with Crippen LogP contribution in [-0.4, -0.2) is 25.4 Å². The average molecular weight is 364 g/mol. The zero-order chi connectivity index (χ0) is 18.4. The van der Waals surface area contributed by atoms with Crippen LogP contribution in [0.1, 0.15) is 29.1 Å². The smallest absolute Gasteiger partial charge is 0.267 e. The highest BCUT2D eigenvalue weighted by molar-refractivity contribution is 5.95. The Balaban J connectivity index is 1.83. The van der Waals surface area contributed by atoms with Crippen molar-refractivity contribution in [3.05, 3.63) is 82.0 Å². The maximum atomic E-state index is 14.0. The Labute approximate surface area is 151 Å². The number of aromatic amines is 2. The quantitative estimate of drug-likeness (QED) is 0.504. The van der Waals surface area contributed by atoms with Crippen molar-refractivity contribution < 1.29 is 9.23 Å². The lowest BCUT2D eigenvalue weighted by Gasteiger charge is -2.23. The third-order valence-corrected chi connectivity index (χ3v) is 4.63. The van der Waals surface area contributed by atoms with Crippen LogP contribution >= 0.6 is 0 Å². The highest BCUT2D eigenvalue weighted by atomic mass is 19.1. The topological polar surface area (TPSA) is 109 Å². The molecule has 2 aromatic heterocycles. The number of hydrogen-bond acceptors (Lipinski definition) is 6. The van der Waals surface area contributed by atoms with Gasteiger partial charge in [0.2, 0.25) is 0 Å². The molecule has 3 heterocycles. The molecular weight excluding hydrogens is 351 g/mol. The van der Waals surface area contributed by atoms with E-state index in [0.29, 0.717) is 22.6 Å². The number of H-pyrrole nitrogens is 2. The van der Waals surface area contributed by atoms with Crippen LogP contribution in [0.25, 0.3) is 10.8 Å². The van der Waals surface area contributed by atoms with Crippen LogP contribution < -0.4 is 11.0 Å². The zero-order valence-electron chi connectivity index (χ0n) is 13.8. The summed E-state index contributed by atoms with van der Waals surface area (Å²) in [4.78, 5) is 22.5. The molecule has 0 spiro atoms. The molecule has 0 aliphatic carbocycles. The Bertz CT molecular complexity index is 1180. The number of benzene rings is 2. The van der Waals surface area contributed by atoms with Gasteiger partial charge in [-0.3, -0.25) is 20.2 Å². The average Bonchev–Trinajstić information content (AvgIpc) is 3.16. The second kappa shape index (κ2) is 5.99. The third kappa shape index (κ3) is 2.48. The van der Waals surface area contributed by atoms with Crippen molar-refractivity contribution in [2.24, 2.45) is 0 Å². The predicted molar refractivity (Wildman–Crippen MR) is 94.4 cm³/mol. The zero-order valence-corrected chi connectivity index (χ0v) is 13.8. The summed E-state index contributed by atoms with van der Waals surface area (Å²) in [7, 11) is 0. The van der Waals surface area contributed by atoms with Gasteiger partial charge in [-0.1, -0.05) is 30.3 Å². The minimum Gasteiger partial charge on any atom is -0.267 e. The Morgan fingerprint density at radius 1 is 1.11 bits per heavy atom. The fourth-order valence-corrected chi connectivity index (χ4v) is 3.47. The van der Waals surface area contributed by atoms with Gasteiger partial charge in [-0.15, -0.1) is 0 Å². The van der Waals surface area contributed by atoms with Crippen LogP contribution in [0.2, 0.25) is 0 Å². The van der Waals surface area contributed by atoms with E-state index in [4.69, 9.17) is 4.84 Å². The van der Waals surface area contributed by atoms with Gasteiger partial charge in [-0.2, -0.15) is 10.2 Å². The van der Waals surface area contributed by atoms with E-state index in [9.17, 15) is 9.18 Å². The molecule has 27 heavy (non-hydrogen) atoms. The van der Waals surface area contributed by atoms with Crippen LogP contribution in [-0.2, 0) is 4.84 Å². The number of rotatable bonds is 2. The van der Waals surface area contributed by atoms with Crippen molar-refractivity contribution in [2.45, 2.75) is 12.0 Å². The van der Waals surface area contributed by atoms with Crippen LogP contribution in [0, 0.1) is 5.82 Å². The van der Waals surface area contributed by atoms with Gasteiger partial charge >= 0.3 is 0 Å². The van der Waals surface area contributed by atoms with E-state index in [1.165, 1.54) is 18.5 Å². The first kappa shape index (κ1) is 15.6. The van der Waals surface area contributed by atoms with Crippen molar-refractivity contribution in [3.63, 3.8) is 0 Å². The maximum Gasteiger partial charge on any atom is 0.272 e. The standard InChI is InChI=1S/C18H13FN6O2/c19-10-6-11-13-12(7-10)25-27-16(9-4-2-1-3-5-9)14(17-20-8-21-23-17)15(13)22-24-18(11)26/h1-8,14,16,25H,(H,24,26)(H,20,21,23). The summed E-state index contributed by atoms with van der Waals surface area (Å²) in [6.45, 7) is 0. The van der Waals surface area contributed by atoms with Crippen LogP contribution in [0.5, 0.6) is 0 Å². The summed E-state index contributed by atoms with van der Waals surface area (Å²) < 4.78 is 14.0. The maximum absolute atomic E-state index is 14.0. The molecular formula is C18H13FN6O2. The number of halogens is 1. The van der Waals surface area contributed by atoms with Gasteiger partial charge in [0.15, 0.2) is 0 Å². The molecule has 9 heteroatoms. The fraction of sp³-hybridized carbons (Fsp3) is 0.111. The van der Waals surface area contributed by atoms with E-state index in [2.05, 4.69) is 30.9 Å². The third-order valence-electron chi connectivity index (χ3n) is 4.63. The Morgan fingerprint density at radius 3 is 2.74 bits per heavy atom. The number of nitrogens with one attached hydrogen (secondary N) is 3. The van der Waals surface area contributed by atoms with Crippen molar-refractivity contribution in [3.8, 4) is 0 Å². The summed E-state index contributed by atoms with van der Waals surface area (Å²) >= 11 is 0. The monoisotopic (exact) mass is 364 g/mol. The number of anilines is 1. The van der Waals surface area contributed by atoms with E-state index >= 15 is 0 Å². The molecule has 2 atom stereocenters. The molecule has 0 saturated carbocycles. The summed E-state index contributed by atoms with van der Waals surface area (Å²) in [5.41, 5.74) is 4.03. The first-order valence-electron chi connectivity index (χ1n) is 8.26. The molecule has 3 N–H and O–H groups in total. The molecule has 0 amide bonds. The number of hydrogen-bond donors (Lipinski definition) is 3. The Morgan fingerprint density at radius 2 is 1.96 bits per heavy atom. The Hall–Kier alpha value is -3.59. The molecule has 2 unspecified atom stereocenters. The second-order valence-corrected chi connectivity index (χ2v) is 6.21. The summed E-state index contributed by atoms with van der Waals surface area (Å²) in [5.74, 6) is -0.539. The van der Waals surface area contributed by atoms with Crippen LogP contribution in [0.15, 0.2) is 53.6 Å². The highest BCUT2D eigenvalue weighted by Gasteiger charge is 2.36. The predicted octanol–water partition coefficient (Wildman–Crippen LogP) is 2.41. The fourth-order valence-electron chi connectivity index (χ4n) is 3.47. The van der Waals surface area contributed by atoms with Gasteiger partial charge in [-0.05, 0) is 17.7 Å². The van der Waals surface area contributed by atoms with Gasteiger partial charge in [0, 0.05) is 5.39 Å². The van der Waals surface area contributed by atoms with Gasteiger partial charge in [0.1, 0.15) is 24.1 Å². The van der Waals surface area contributed by atoms with Crippen LogP contribution in [0.4, 0.5) is 10.1 Å². The largest absolute Gasteiger partial charge is 0.272 e. The van der Waals surface area contributed by atoms with Crippen LogP contribution in [0.3, 0.4) is 0 Å². The highest BCUT2D eigenvalue weighted by Crippen LogP contribution is 2.43. The van der Waals surface area contributed by atoms with Gasteiger partial charge in [-0.25, -0.2) is 14.5 Å². The molecule has 134 valence electrons. The van der Waals surface area contributed by atoms with E-state index < -0.39 is 23.4 Å². The first-order chi connectivity index (χ1) is 13.2. The van der Waals surface area contributed by atoms with Gasteiger partial charge in [0.25, 0.3) is 5.56 Å². The minimum atomic E-state index is -0.550. The molecule has 0 radical (unpaired) electrons. The molecule has 0 bridgehead atoms. The van der Waals surface area contributed by atoms with Crippen molar-refractivity contribution in [1.82, 2.24) is 25.4 Å². The van der Waals surface area contributed by atoms with Gasteiger partial charge in [0.05, 0.1) is 22.7 Å². The summed E-state index contributed by atoms with van der Waals surface area (Å²) in [6, 6.07) is 12.0. The molecule has 0 saturated heterocycles. The minimum absolute atomic E-state index is 0.185. The number of aromatic nitrogens is 5. The van der Waals surface area contributed by atoms with E-state index in [1.807, 2.05) is 30.3 Å². The number of nitrogens with zero attached hydrogens (tertiary/aromatic N) is 3. The molecule has 8 nitrogen and oxygen atoms in total. The van der Waals surface area contributed by atoms with Crippen molar-refractivity contribution >= 4 is 16.5 Å². The van der Waals surface area contributed by atoms with Crippen molar-refractivity contribution in [2.75, 3.05) is 5.48 Å².